The minimum Gasteiger partial charge on any atom is -0.358 e. The second kappa shape index (κ2) is 7.44. The molecule has 2 aromatic carbocycles. The number of rotatable bonds is 4. The number of nitrogens with zero attached hydrogens (tertiary/aromatic N) is 5. The van der Waals surface area contributed by atoms with E-state index in [1.807, 2.05) is 6.92 Å². The number of H-pyrrole nitrogens is 1. The van der Waals surface area contributed by atoms with Gasteiger partial charge in [-0.15, -0.1) is 0 Å². The van der Waals surface area contributed by atoms with Crippen molar-refractivity contribution in [1.82, 2.24) is 29.5 Å². The first-order chi connectivity index (χ1) is 15.0. The van der Waals surface area contributed by atoms with Gasteiger partial charge in [-0.2, -0.15) is 0 Å². The molecule has 0 aliphatic carbocycles. The number of benzene rings is 2. The van der Waals surface area contributed by atoms with E-state index in [1.54, 1.807) is 30.3 Å². The predicted molar refractivity (Wildman–Crippen MR) is 116 cm³/mol. The number of aromatic nitrogens is 6. The van der Waals surface area contributed by atoms with Crippen LogP contribution in [0.3, 0.4) is 0 Å². The Bertz CT molecular complexity index is 1500. The van der Waals surface area contributed by atoms with E-state index >= 15 is 0 Å². The van der Waals surface area contributed by atoms with E-state index in [0.717, 1.165) is 0 Å². The van der Waals surface area contributed by atoms with E-state index in [2.05, 4.69) is 30.2 Å². The third kappa shape index (κ3) is 3.19. The highest BCUT2D eigenvalue weighted by Gasteiger charge is 2.22. The monoisotopic (exact) mass is 435 g/mol. The molecule has 154 valence electrons. The van der Waals surface area contributed by atoms with Crippen LogP contribution in [0.25, 0.3) is 27.8 Å². The molecule has 2 N–H and O–H groups in total. The lowest BCUT2D eigenvalue weighted by molar-refractivity contribution is 0.635. The van der Waals surface area contributed by atoms with Gasteiger partial charge in [0.25, 0.3) is 5.56 Å². The molecule has 5 aromatic rings. The molecule has 5 rings (SSSR count). The summed E-state index contributed by atoms with van der Waals surface area (Å²) in [6, 6.07) is 10.7. The van der Waals surface area contributed by atoms with Crippen molar-refractivity contribution in [1.29, 1.82) is 0 Å². The van der Waals surface area contributed by atoms with Gasteiger partial charge in [-0.05, 0) is 31.2 Å². The number of hydrogen-bond acceptors (Lipinski definition) is 6. The number of nitrogens with one attached hydrogen (secondary N) is 2. The van der Waals surface area contributed by atoms with Gasteiger partial charge in [-0.3, -0.25) is 9.36 Å². The van der Waals surface area contributed by atoms with Crippen LogP contribution in [0.15, 0.2) is 59.9 Å². The quantitative estimate of drug-likeness (QED) is 0.442. The van der Waals surface area contributed by atoms with Crippen molar-refractivity contribution in [3.63, 3.8) is 0 Å². The standard InChI is InChI=1S/C21H15ClFN7O/c1-11(28-19-17-18(25-9-24-17)26-10-27-19)20-29-14-7-4-6-13(23)16(14)21(31)30(20)15-8-3-2-5-12(15)22/h2-11H,1H3,(H2,24,25,26,27,28)/t11-/m1/s1. The maximum atomic E-state index is 14.5. The second-order valence-electron chi connectivity index (χ2n) is 6.89. The van der Waals surface area contributed by atoms with E-state index in [9.17, 15) is 9.18 Å². The highest BCUT2D eigenvalue weighted by atomic mass is 35.5. The summed E-state index contributed by atoms with van der Waals surface area (Å²) in [7, 11) is 0. The van der Waals surface area contributed by atoms with Crippen molar-refractivity contribution >= 4 is 39.5 Å². The predicted octanol–water partition coefficient (Wildman–Crippen LogP) is 4.02. The molecular formula is C21H15ClFN7O. The van der Waals surface area contributed by atoms with E-state index in [1.165, 1.54) is 29.4 Å². The van der Waals surface area contributed by atoms with E-state index in [0.29, 0.717) is 33.5 Å². The Hall–Kier alpha value is -3.85. The van der Waals surface area contributed by atoms with Gasteiger partial charge in [0.2, 0.25) is 0 Å². The SMILES string of the molecule is C[C@@H](Nc1ncnc2nc[nH]c12)c1nc2cccc(F)c2c(=O)n1-c1ccccc1Cl. The van der Waals surface area contributed by atoms with Crippen LogP contribution in [0, 0.1) is 5.82 Å². The zero-order chi connectivity index (χ0) is 21.5. The number of halogens is 2. The van der Waals surface area contributed by atoms with Crippen LogP contribution in [0.1, 0.15) is 18.8 Å². The fraction of sp³-hybridized carbons (Fsp3) is 0.0952. The molecular weight excluding hydrogens is 421 g/mol. The Morgan fingerprint density at radius 3 is 2.81 bits per heavy atom. The molecule has 0 aliphatic heterocycles. The first kappa shape index (κ1) is 19.1. The molecule has 8 nitrogen and oxygen atoms in total. The van der Waals surface area contributed by atoms with Crippen LogP contribution in [0.2, 0.25) is 5.02 Å². The Morgan fingerprint density at radius 2 is 1.97 bits per heavy atom. The lowest BCUT2D eigenvalue weighted by Crippen LogP contribution is -2.28. The molecule has 0 spiro atoms. The summed E-state index contributed by atoms with van der Waals surface area (Å²) in [5.74, 6) is 0.203. The van der Waals surface area contributed by atoms with Crippen LogP contribution < -0.4 is 10.9 Å². The van der Waals surface area contributed by atoms with Crippen LogP contribution >= 0.6 is 11.6 Å². The lowest BCUT2D eigenvalue weighted by atomic mass is 10.2. The summed E-state index contributed by atoms with van der Waals surface area (Å²) < 4.78 is 15.9. The molecule has 3 heterocycles. The Labute approximate surface area is 179 Å². The maximum absolute atomic E-state index is 14.5. The summed E-state index contributed by atoms with van der Waals surface area (Å²) >= 11 is 6.39. The molecule has 0 amide bonds. The average Bonchev–Trinajstić information content (AvgIpc) is 3.24. The number of aromatic amines is 1. The minimum absolute atomic E-state index is 0.101. The number of para-hydroxylation sites is 1. The molecule has 10 heteroatoms. The van der Waals surface area contributed by atoms with E-state index in [4.69, 9.17) is 11.6 Å². The van der Waals surface area contributed by atoms with Crippen LogP contribution in [-0.4, -0.2) is 29.5 Å². The number of hydrogen-bond donors (Lipinski definition) is 2. The third-order valence-corrected chi connectivity index (χ3v) is 5.25. The third-order valence-electron chi connectivity index (χ3n) is 4.93. The van der Waals surface area contributed by atoms with Crippen molar-refractivity contribution < 1.29 is 4.39 Å². The molecule has 0 saturated carbocycles. The van der Waals surface area contributed by atoms with Crippen LogP contribution in [-0.2, 0) is 0 Å². The molecule has 0 bridgehead atoms. The van der Waals surface area contributed by atoms with Gasteiger partial charge in [-0.1, -0.05) is 29.8 Å². The average molecular weight is 436 g/mol. The largest absolute Gasteiger partial charge is 0.358 e. The fourth-order valence-corrected chi connectivity index (χ4v) is 3.73. The smallest absolute Gasteiger partial charge is 0.269 e. The molecule has 31 heavy (non-hydrogen) atoms. The second-order valence-corrected chi connectivity index (χ2v) is 7.29. The van der Waals surface area contributed by atoms with Gasteiger partial charge in [0.1, 0.15) is 28.9 Å². The Morgan fingerprint density at radius 1 is 1.13 bits per heavy atom. The topological polar surface area (TPSA) is 101 Å². The summed E-state index contributed by atoms with van der Waals surface area (Å²) in [5.41, 5.74) is 1.24. The summed E-state index contributed by atoms with van der Waals surface area (Å²) in [6.07, 6.45) is 2.91. The van der Waals surface area contributed by atoms with Gasteiger partial charge in [0, 0.05) is 0 Å². The van der Waals surface area contributed by atoms with Crippen molar-refractivity contribution in [3.05, 3.63) is 82.1 Å². The van der Waals surface area contributed by atoms with Crippen molar-refractivity contribution in [2.24, 2.45) is 0 Å². The zero-order valence-corrected chi connectivity index (χ0v) is 16.9. The number of fused-ring (bicyclic) bond motifs is 2. The summed E-state index contributed by atoms with van der Waals surface area (Å²) in [6.45, 7) is 1.82. The Kier molecular flexibility index (Phi) is 4.59. The molecule has 1 atom stereocenters. The minimum atomic E-state index is -0.641. The number of anilines is 1. The maximum Gasteiger partial charge on any atom is 0.269 e. The first-order valence-corrected chi connectivity index (χ1v) is 9.79. The van der Waals surface area contributed by atoms with E-state index in [-0.39, 0.29) is 10.9 Å². The molecule has 0 radical (unpaired) electrons. The normalized spacial score (nSPS) is 12.4. The van der Waals surface area contributed by atoms with Crippen LogP contribution in [0.5, 0.6) is 0 Å². The van der Waals surface area contributed by atoms with Gasteiger partial charge in [-0.25, -0.2) is 24.3 Å². The molecule has 0 aliphatic rings. The zero-order valence-electron chi connectivity index (χ0n) is 16.2. The molecule has 3 aromatic heterocycles. The molecule has 0 unspecified atom stereocenters. The van der Waals surface area contributed by atoms with Gasteiger partial charge < -0.3 is 10.3 Å². The summed E-state index contributed by atoms with van der Waals surface area (Å²) in [4.78, 5) is 33.5. The first-order valence-electron chi connectivity index (χ1n) is 9.41. The molecule has 0 fully saturated rings. The lowest BCUT2D eigenvalue weighted by Gasteiger charge is -2.20. The highest BCUT2D eigenvalue weighted by molar-refractivity contribution is 6.32. The summed E-state index contributed by atoms with van der Waals surface area (Å²) in [5, 5.41) is 3.48. The highest BCUT2D eigenvalue weighted by Crippen LogP contribution is 2.26. The van der Waals surface area contributed by atoms with E-state index < -0.39 is 17.4 Å². The van der Waals surface area contributed by atoms with Crippen LogP contribution in [0.4, 0.5) is 10.2 Å². The van der Waals surface area contributed by atoms with Gasteiger partial charge in [0.05, 0.1) is 28.6 Å². The van der Waals surface area contributed by atoms with Crippen molar-refractivity contribution in [2.75, 3.05) is 5.32 Å². The molecule has 0 saturated heterocycles. The van der Waals surface area contributed by atoms with Crippen molar-refractivity contribution in [2.45, 2.75) is 13.0 Å². The fourth-order valence-electron chi connectivity index (χ4n) is 3.51. The van der Waals surface area contributed by atoms with Gasteiger partial charge >= 0.3 is 0 Å². The Balaban J connectivity index is 1.74. The van der Waals surface area contributed by atoms with Gasteiger partial charge in [0.15, 0.2) is 11.5 Å². The van der Waals surface area contributed by atoms with Crippen molar-refractivity contribution in [3.8, 4) is 5.69 Å². The number of imidazole rings is 1.